The van der Waals surface area contributed by atoms with Gasteiger partial charge in [-0.3, -0.25) is 20.0 Å². The third kappa shape index (κ3) is 2.42. The van der Waals surface area contributed by atoms with Gasteiger partial charge < -0.3 is 4.74 Å². The maximum absolute atomic E-state index is 12.5. The smallest absolute Gasteiger partial charge is 0.257 e. The minimum atomic E-state index is -0.206. The lowest BCUT2D eigenvalue weighted by Crippen LogP contribution is -2.47. The number of nitrogens with zero attached hydrogens (tertiary/aromatic N) is 3. The Hall–Kier alpha value is -3.15. The molecule has 4 rings (SSSR count). The SMILES string of the molecule is COc1ccc(C(=O)NC2=Nc3ccccc3C3=NCCN23)cc1. The first-order valence-electron chi connectivity index (χ1n) is 7.72. The second-order valence-corrected chi connectivity index (χ2v) is 5.49. The molecule has 0 aliphatic carbocycles. The van der Waals surface area contributed by atoms with Crippen LogP contribution in [0.25, 0.3) is 0 Å². The van der Waals surface area contributed by atoms with Crippen LogP contribution in [0, 0.1) is 0 Å². The molecule has 2 aromatic carbocycles. The molecule has 2 aliphatic heterocycles. The number of amides is 1. The fraction of sp³-hybridized carbons (Fsp3) is 0.167. The van der Waals surface area contributed by atoms with Crippen LogP contribution in [0.15, 0.2) is 58.5 Å². The summed E-state index contributed by atoms with van der Waals surface area (Å²) in [6.45, 7) is 1.41. The average Bonchev–Trinajstić information content (AvgIpc) is 3.12. The molecule has 0 spiro atoms. The van der Waals surface area contributed by atoms with Gasteiger partial charge in [0.15, 0.2) is 0 Å². The molecule has 120 valence electrons. The molecule has 1 N–H and O–H groups in total. The van der Waals surface area contributed by atoms with Gasteiger partial charge in [-0.2, -0.15) is 0 Å². The highest BCUT2D eigenvalue weighted by molar-refractivity contribution is 6.19. The first-order chi connectivity index (χ1) is 11.8. The molecule has 0 aromatic heterocycles. The molecule has 0 saturated heterocycles. The number of benzene rings is 2. The van der Waals surface area contributed by atoms with E-state index >= 15 is 0 Å². The number of hydrogen-bond acceptors (Lipinski definition) is 5. The molecule has 2 aliphatic rings. The molecule has 2 aromatic rings. The van der Waals surface area contributed by atoms with Gasteiger partial charge in [0.2, 0.25) is 5.96 Å². The van der Waals surface area contributed by atoms with Gasteiger partial charge >= 0.3 is 0 Å². The number of hydrogen-bond donors (Lipinski definition) is 1. The molecule has 6 heteroatoms. The number of guanidine groups is 1. The topological polar surface area (TPSA) is 66.3 Å². The number of rotatable bonds is 2. The van der Waals surface area contributed by atoms with Gasteiger partial charge in [-0.25, -0.2) is 4.99 Å². The molecule has 0 saturated carbocycles. The zero-order valence-corrected chi connectivity index (χ0v) is 13.2. The van der Waals surface area contributed by atoms with Gasteiger partial charge in [-0.15, -0.1) is 0 Å². The largest absolute Gasteiger partial charge is 0.497 e. The number of amidine groups is 1. The van der Waals surface area contributed by atoms with Crippen LogP contribution in [0.3, 0.4) is 0 Å². The first kappa shape index (κ1) is 14.4. The Bertz CT molecular complexity index is 856. The molecule has 0 bridgehead atoms. The number of methoxy groups -OCH3 is 1. The van der Waals surface area contributed by atoms with Crippen molar-refractivity contribution in [3.05, 3.63) is 59.7 Å². The van der Waals surface area contributed by atoms with Gasteiger partial charge in [-0.05, 0) is 36.4 Å². The first-order valence-corrected chi connectivity index (χ1v) is 7.72. The second-order valence-electron chi connectivity index (χ2n) is 5.49. The minimum absolute atomic E-state index is 0.206. The predicted molar refractivity (Wildman–Crippen MR) is 92.1 cm³/mol. The lowest BCUT2D eigenvalue weighted by molar-refractivity contribution is 0.0974. The van der Waals surface area contributed by atoms with Gasteiger partial charge in [-0.1, -0.05) is 12.1 Å². The maximum Gasteiger partial charge on any atom is 0.257 e. The number of aliphatic imine (C=N–C) groups is 2. The van der Waals surface area contributed by atoms with Crippen molar-refractivity contribution in [2.45, 2.75) is 0 Å². The predicted octanol–water partition coefficient (Wildman–Crippen LogP) is 2.19. The number of carbonyl (C=O) groups is 1. The lowest BCUT2D eigenvalue weighted by atomic mass is 10.1. The van der Waals surface area contributed by atoms with Crippen LogP contribution < -0.4 is 10.1 Å². The van der Waals surface area contributed by atoms with Crippen molar-refractivity contribution in [3.8, 4) is 5.75 Å². The lowest BCUT2D eigenvalue weighted by Gasteiger charge is -2.27. The minimum Gasteiger partial charge on any atom is -0.497 e. The summed E-state index contributed by atoms with van der Waals surface area (Å²) in [5, 5.41) is 2.90. The highest BCUT2D eigenvalue weighted by Crippen LogP contribution is 2.27. The van der Waals surface area contributed by atoms with E-state index in [0.29, 0.717) is 30.4 Å². The maximum atomic E-state index is 12.5. The third-order valence-electron chi connectivity index (χ3n) is 4.05. The van der Waals surface area contributed by atoms with E-state index in [0.717, 1.165) is 17.1 Å². The van der Waals surface area contributed by atoms with E-state index in [4.69, 9.17) is 4.74 Å². The van der Waals surface area contributed by atoms with E-state index in [9.17, 15) is 4.79 Å². The van der Waals surface area contributed by atoms with E-state index < -0.39 is 0 Å². The van der Waals surface area contributed by atoms with E-state index in [1.54, 1.807) is 31.4 Å². The number of ether oxygens (including phenoxy) is 1. The standard InChI is InChI=1S/C18H16N4O2/c1-24-13-8-6-12(7-9-13)17(23)21-18-20-15-5-3-2-4-14(15)16-19-10-11-22(16)18/h2-9H,10-11H2,1H3,(H,20,21,23). The van der Waals surface area contributed by atoms with Gasteiger partial charge in [0.05, 0.1) is 19.3 Å². The summed E-state index contributed by atoms with van der Waals surface area (Å²) in [5.41, 5.74) is 2.37. The van der Waals surface area contributed by atoms with Crippen molar-refractivity contribution in [1.82, 2.24) is 10.2 Å². The molecule has 0 atom stereocenters. The van der Waals surface area contributed by atoms with Crippen LogP contribution in [0.1, 0.15) is 15.9 Å². The number of nitrogens with one attached hydrogen (secondary N) is 1. The highest BCUT2D eigenvalue weighted by Gasteiger charge is 2.30. The zero-order valence-electron chi connectivity index (χ0n) is 13.2. The summed E-state index contributed by atoms with van der Waals surface area (Å²) < 4.78 is 5.12. The molecule has 6 nitrogen and oxygen atoms in total. The Morgan fingerprint density at radius 3 is 2.75 bits per heavy atom. The van der Waals surface area contributed by atoms with Crippen molar-refractivity contribution in [2.24, 2.45) is 9.98 Å². The van der Waals surface area contributed by atoms with Gasteiger partial charge in [0.25, 0.3) is 5.91 Å². The quantitative estimate of drug-likeness (QED) is 0.922. The Labute approximate surface area is 139 Å². The van der Waals surface area contributed by atoms with E-state index in [-0.39, 0.29) is 5.91 Å². The average molecular weight is 320 g/mol. The zero-order chi connectivity index (χ0) is 16.5. The third-order valence-corrected chi connectivity index (χ3v) is 4.05. The highest BCUT2D eigenvalue weighted by atomic mass is 16.5. The summed E-state index contributed by atoms with van der Waals surface area (Å²) in [6, 6.07) is 14.8. The van der Waals surface area contributed by atoms with Crippen molar-refractivity contribution >= 4 is 23.4 Å². The summed E-state index contributed by atoms with van der Waals surface area (Å²) in [4.78, 5) is 23.6. The van der Waals surface area contributed by atoms with Crippen LogP contribution in [0.2, 0.25) is 0 Å². The monoisotopic (exact) mass is 320 g/mol. The van der Waals surface area contributed by atoms with Crippen LogP contribution in [0.5, 0.6) is 5.75 Å². The molecule has 0 fully saturated rings. The van der Waals surface area contributed by atoms with E-state index in [1.807, 2.05) is 29.2 Å². The summed E-state index contributed by atoms with van der Waals surface area (Å²) in [6.07, 6.45) is 0. The second kappa shape index (κ2) is 5.81. The molecular formula is C18H16N4O2. The summed E-state index contributed by atoms with van der Waals surface area (Å²) in [7, 11) is 1.59. The van der Waals surface area contributed by atoms with Crippen LogP contribution in [-0.4, -0.2) is 42.8 Å². The van der Waals surface area contributed by atoms with E-state index in [2.05, 4.69) is 15.3 Å². The fourth-order valence-electron chi connectivity index (χ4n) is 2.83. The Balaban J connectivity index is 1.63. The molecule has 0 unspecified atom stereocenters. The van der Waals surface area contributed by atoms with Crippen LogP contribution >= 0.6 is 0 Å². The van der Waals surface area contributed by atoms with Crippen molar-refractivity contribution in [1.29, 1.82) is 0 Å². The molecular weight excluding hydrogens is 304 g/mol. The molecule has 1 amide bonds. The van der Waals surface area contributed by atoms with Crippen molar-refractivity contribution < 1.29 is 9.53 Å². The van der Waals surface area contributed by atoms with Crippen LogP contribution in [0.4, 0.5) is 5.69 Å². The van der Waals surface area contributed by atoms with E-state index in [1.165, 1.54) is 0 Å². The number of carbonyl (C=O) groups excluding carboxylic acids is 1. The number of para-hydroxylation sites is 1. The van der Waals surface area contributed by atoms with Crippen molar-refractivity contribution in [3.63, 3.8) is 0 Å². The molecule has 2 heterocycles. The van der Waals surface area contributed by atoms with Gasteiger partial charge in [0, 0.05) is 17.7 Å². The molecule has 0 radical (unpaired) electrons. The normalized spacial score (nSPS) is 15.1. The summed E-state index contributed by atoms with van der Waals surface area (Å²) >= 11 is 0. The van der Waals surface area contributed by atoms with Crippen LogP contribution in [-0.2, 0) is 0 Å². The Morgan fingerprint density at radius 1 is 1.17 bits per heavy atom. The molecule has 24 heavy (non-hydrogen) atoms. The van der Waals surface area contributed by atoms with Gasteiger partial charge in [0.1, 0.15) is 11.6 Å². The summed E-state index contributed by atoms with van der Waals surface area (Å²) in [5.74, 6) is 1.89. The number of fused-ring (bicyclic) bond motifs is 3. The fourth-order valence-corrected chi connectivity index (χ4v) is 2.83. The van der Waals surface area contributed by atoms with Crippen molar-refractivity contribution in [2.75, 3.05) is 20.2 Å². The Kier molecular flexibility index (Phi) is 3.49. The Morgan fingerprint density at radius 2 is 1.96 bits per heavy atom.